The Bertz CT molecular complexity index is 526. The molecular formula is C14H27N3O2S2. The van der Waals surface area contributed by atoms with Gasteiger partial charge in [0.25, 0.3) is 0 Å². The lowest BCUT2D eigenvalue weighted by molar-refractivity contribution is 0.581. The number of hydrogen-bond acceptors (Lipinski definition) is 4. The quantitative estimate of drug-likeness (QED) is 0.643. The van der Waals surface area contributed by atoms with Crippen LogP contribution in [0.3, 0.4) is 0 Å². The van der Waals surface area contributed by atoms with Crippen LogP contribution in [0.4, 0.5) is 0 Å². The van der Waals surface area contributed by atoms with E-state index in [4.69, 9.17) is 0 Å². The van der Waals surface area contributed by atoms with Gasteiger partial charge in [-0.3, -0.25) is 0 Å². The van der Waals surface area contributed by atoms with Gasteiger partial charge in [0, 0.05) is 36.8 Å². The number of hydrogen-bond donors (Lipinski definition) is 2. The van der Waals surface area contributed by atoms with Gasteiger partial charge in [-0.2, -0.15) is 11.8 Å². The van der Waals surface area contributed by atoms with E-state index in [0.717, 1.165) is 25.2 Å². The van der Waals surface area contributed by atoms with Crippen molar-refractivity contribution in [1.29, 1.82) is 0 Å². The first kappa shape index (κ1) is 18.5. The van der Waals surface area contributed by atoms with Crippen LogP contribution in [0.2, 0.25) is 0 Å². The second-order valence-electron chi connectivity index (χ2n) is 5.03. The molecule has 1 heterocycles. The first-order valence-corrected chi connectivity index (χ1v) is 10.1. The van der Waals surface area contributed by atoms with E-state index < -0.39 is 10.0 Å². The molecule has 0 aliphatic heterocycles. The zero-order valence-corrected chi connectivity index (χ0v) is 15.0. The van der Waals surface area contributed by atoms with Crippen molar-refractivity contribution in [2.24, 2.45) is 0 Å². The molecule has 0 spiro atoms. The molecule has 0 radical (unpaired) electrons. The minimum absolute atomic E-state index is 0.263. The second kappa shape index (κ2) is 8.82. The Hall–Kier alpha value is -0.500. The molecule has 5 nitrogen and oxygen atoms in total. The maximum absolute atomic E-state index is 12.3. The molecule has 1 aromatic rings. The molecule has 0 saturated heterocycles. The summed E-state index contributed by atoms with van der Waals surface area (Å²) in [6, 6.07) is 1.76. The minimum atomic E-state index is -3.42. The third-order valence-electron chi connectivity index (χ3n) is 3.31. The molecule has 0 bridgehead atoms. The molecule has 1 aromatic heterocycles. The summed E-state index contributed by atoms with van der Waals surface area (Å²) in [4.78, 5) is 0.353. The lowest BCUT2D eigenvalue weighted by atomic mass is 10.4. The average molecular weight is 334 g/mol. The molecule has 7 heteroatoms. The molecule has 0 amide bonds. The lowest BCUT2D eigenvalue weighted by Crippen LogP contribution is -2.29. The van der Waals surface area contributed by atoms with Crippen LogP contribution in [0.15, 0.2) is 17.2 Å². The third-order valence-corrected chi connectivity index (χ3v) is 5.67. The number of nitrogens with zero attached hydrogens (tertiary/aromatic N) is 1. The van der Waals surface area contributed by atoms with Crippen molar-refractivity contribution in [3.8, 4) is 0 Å². The zero-order valence-electron chi connectivity index (χ0n) is 13.3. The van der Waals surface area contributed by atoms with E-state index in [1.165, 1.54) is 0 Å². The minimum Gasteiger partial charge on any atom is -0.349 e. The van der Waals surface area contributed by atoms with Gasteiger partial charge < -0.3 is 9.88 Å². The van der Waals surface area contributed by atoms with Crippen molar-refractivity contribution in [2.45, 2.75) is 50.4 Å². The summed E-state index contributed by atoms with van der Waals surface area (Å²) >= 11 is 1.64. The molecule has 1 atom stereocenters. The normalized spacial score (nSPS) is 13.5. The van der Waals surface area contributed by atoms with Gasteiger partial charge >= 0.3 is 0 Å². The topological polar surface area (TPSA) is 63.1 Å². The van der Waals surface area contributed by atoms with E-state index >= 15 is 0 Å². The molecule has 1 unspecified atom stereocenters. The number of aromatic nitrogens is 1. The van der Waals surface area contributed by atoms with Gasteiger partial charge in [-0.05, 0) is 32.2 Å². The predicted octanol–water partition coefficient (Wildman–Crippen LogP) is 2.04. The predicted molar refractivity (Wildman–Crippen MR) is 90.3 cm³/mol. The Morgan fingerprint density at radius 2 is 2.10 bits per heavy atom. The number of sulfonamides is 1. The molecule has 122 valence electrons. The number of nitrogens with one attached hydrogen (secondary N) is 2. The molecule has 0 aromatic carbocycles. The highest BCUT2D eigenvalue weighted by Crippen LogP contribution is 2.15. The van der Waals surface area contributed by atoms with Crippen molar-refractivity contribution < 1.29 is 8.42 Å². The Balaban J connectivity index is 2.82. The molecule has 0 aliphatic carbocycles. The summed E-state index contributed by atoms with van der Waals surface area (Å²) in [5, 5.41) is 3.57. The SMILES string of the molecule is CCCNCc1cc(S(=O)(=O)NCC(C)SC)cn1CC. The number of aryl methyl sites for hydroxylation is 1. The van der Waals surface area contributed by atoms with Gasteiger partial charge in [-0.25, -0.2) is 13.1 Å². The van der Waals surface area contributed by atoms with Gasteiger partial charge in [0.2, 0.25) is 10.0 Å². The molecule has 2 N–H and O–H groups in total. The molecule has 0 saturated carbocycles. The smallest absolute Gasteiger partial charge is 0.242 e. The molecule has 0 aliphatic rings. The van der Waals surface area contributed by atoms with Gasteiger partial charge in [0.1, 0.15) is 0 Å². The van der Waals surface area contributed by atoms with Crippen LogP contribution in [-0.4, -0.2) is 37.6 Å². The average Bonchev–Trinajstić information content (AvgIpc) is 2.89. The fourth-order valence-corrected chi connectivity index (χ4v) is 3.45. The van der Waals surface area contributed by atoms with E-state index in [1.807, 2.05) is 24.7 Å². The van der Waals surface area contributed by atoms with E-state index in [9.17, 15) is 8.42 Å². The van der Waals surface area contributed by atoms with Crippen molar-refractivity contribution in [3.63, 3.8) is 0 Å². The van der Waals surface area contributed by atoms with Crippen LogP contribution in [0.25, 0.3) is 0 Å². The first-order valence-electron chi connectivity index (χ1n) is 7.36. The summed E-state index contributed by atoms with van der Waals surface area (Å²) in [5.74, 6) is 0. The first-order chi connectivity index (χ1) is 9.94. The fraction of sp³-hybridized carbons (Fsp3) is 0.714. The van der Waals surface area contributed by atoms with Gasteiger partial charge in [-0.1, -0.05) is 13.8 Å². The van der Waals surface area contributed by atoms with E-state index in [-0.39, 0.29) is 5.25 Å². The second-order valence-corrected chi connectivity index (χ2v) is 8.07. The van der Waals surface area contributed by atoms with Crippen LogP contribution in [0.5, 0.6) is 0 Å². The fourth-order valence-electron chi connectivity index (χ4n) is 1.90. The largest absolute Gasteiger partial charge is 0.349 e. The summed E-state index contributed by atoms with van der Waals surface area (Å²) in [6.07, 6.45) is 4.76. The van der Waals surface area contributed by atoms with Gasteiger partial charge in [0.05, 0.1) is 4.90 Å². The molecular weight excluding hydrogens is 306 g/mol. The Kier molecular flexibility index (Phi) is 7.79. The van der Waals surface area contributed by atoms with Crippen molar-refractivity contribution in [3.05, 3.63) is 18.0 Å². The Morgan fingerprint density at radius 1 is 1.38 bits per heavy atom. The maximum Gasteiger partial charge on any atom is 0.242 e. The highest BCUT2D eigenvalue weighted by atomic mass is 32.2. The van der Waals surface area contributed by atoms with Crippen LogP contribution < -0.4 is 10.0 Å². The lowest BCUT2D eigenvalue weighted by Gasteiger charge is -2.09. The Morgan fingerprint density at radius 3 is 2.67 bits per heavy atom. The molecule has 1 rings (SSSR count). The van der Waals surface area contributed by atoms with Crippen molar-refractivity contribution in [1.82, 2.24) is 14.6 Å². The zero-order chi connectivity index (χ0) is 15.9. The monoisotopic (exact) mass is 333 g/mol. The summed E-state index contributed by atoms with van der Waals surface area (Å²) in [5.41, 5.74) is 1.00. The number of rotatable bonds is 10. The molecule has 21 heavy (non-hydrogen) atoms. The van der Waals surface area contributed by atoms with Gasteiger partial charge in [-0.15, -0.1) is 0 Å². The van der Waals surface area contributed by atoms with E-state index in [1.54, 1.807) is 24.0 Å². The van der Waals surface area contributed by atoms with Crippen LogP contribution in [0.1, 0.15) is 32.9 Å². The highest BCUT2D eigenvalue weighted by molar-refractivity contribution is 7.99. The van der Waals surface area contributed by atoms with Crippen LogP contribution in [0, 0.1) is 0 Å². The Labute approximate surface area is 132 Å². The molecule has 0 fully saturated rings. The standard InChI is InChI=1S/C14H27N3O2S2/c1-5-7-15-10-13-8-14(11-17(13)6-2)21(18,19)16-9-12(3)20-4/h8,11-12,15-16H,5-7,9-10H2,1-4H3. The summed E-state index contributed by atoms with van der Waals surface area (Å²) < 4.78 is 29.3. The number of thioether (sulfide) groups is 1. The van der Waals surface area contributed by atoms with Crippen molar-refractivity contribution >= 4 is 21.8 Å². The van der Waals surface area contributed by atoms with E-state index in [2.05, 4.69) is 17.0 Å². The van der Waals surface area contributed by atoms with E-state index in [0.29, 0.717) is 18.0 Å². The van der Waals surface area contributed by atoms with Gasteiger partial charge in [0.15, 0.2) is 0 Å². The third kappa shape index (κ3) is 5.65. The summed E-state index contributed by atoms with van der Waals surface area (Å²) in [6.45, 7) is 8.97. The van der Waals surface area contributed by atoms with Crippen LogP contribution in [-0.2, 0) is 23.1 Å². The maximum atomic E-state index is 12.3. The summed E-state index contributed by atoms with van der Waals surface area (Å²) in [7, 11) is -3.42. The van der Waals surface area contributed by atoms with Crippen molar-refractivity contribution in [2.75, 3.05) is 19.3 Å². The highest BCUT2D eigenvalue weighted by Gasteiger charge is 2.18. The van der Waals surface area contributed by atoms with Crippen LogP contribution >= 0.6 is 11.8 Å².